The van der Waals surface area contributed by atoms with Crippen LogP contribution in [0.1, 0.15) is 0 Å². The topological polar surface area (TPSA) is 51.6 Å². The van der Waals surface area contributed by atoms with Crippen LogP contribution in [0.2, 0.25) is 0 Å². The fourth-order valence-electron chi connectivity index (χ4n) is 7.27. The summed E-state index contributed by atoms with van der Waals surface area (Å²) in [6.45, 7) is 0. The van der Waals surface area contributed by atoms with Crippen molar-refractivity contribution in [2.24, 2.45) is 0 Å². The minimum absolute atomic E-state index is 0.685. The molecule has 0 bridgehead atoms. The molecular weight excluding hydrogens is 661 g/mol. The van der Waals surface area contributed by atoms with Gasteiger partial charge in [-0.2, -0.15) is 0 Å². The van der Waals surface area contributed by atoms with Crippen LogP contribution in [0.15, 0.2) is 201 Å². The van der Waals surface area contributed by atoms with E-state index in [9.17, 15) is 0 Å². The number of aromatic nitrogens is 6. The molecule has 254 valence electrons. The van der Waals surface area contributed by atoms with Crippen LogP contribution in [0.25, 0.3) is 84.4 Å². The van der Waals surface area contributed by atoms with Gasteiger partial charge in [-0.25, -0.2) is 15.0 Å². The molecule has 5 heterocycles. The summed E-state index contributed by atoms with van der Waals surface area (Å²) in [6, 6.07) is 60.8. The molecule has 10 aromatic rings. The summed E-state index contributed by atoms with van der Waals surface area (Å²) < 4.78 is 6.47. The lowest BCUT2D eigenvalue weighted by molar-refractivity contribution is -0.616. The van der Waals surface area contributed by atoms with Gasteiger partial charge >= 0.3 is 0 Å². The van der Waals surface area contributed by atoms with Crippen LogP contribution >= 0.6 is 0 Å². The van der Waals surface area contributed by atoms with Crippen molar-refractivity contribution < 1.29 is 4.52 Å². The number of hydrogen-bond acceptors (Lipinski definition) is 3. The average molecular weight is 694 g/mol. The van der Waals surface area contributed by atoms with Crippen LogP contribution in [0.3, 0.4) is 0 Å². The zero-order valence-corrected chi connectivity index (χ0v) is 29.2. The van der Waals surface area contributed by atoms with Crippen molar-refractivity contribution in [3.8, 4) is 78.8 Å². The lowest BCUT2D eigenvalue weighted by Gasteiger charge is -2.11. The molecular formula is C48H33N6+. The minimum atomic E-state index is 0.685. The maximum absolute atomic E-state index is 5.10. The van der Waals surface area contributed by atoms with E-state index in [1.807, 2.05) is 48.5 Å². The van der Waals surface area contributed by atoms with E-state index >= 15 is 0 Å². The molecule has 6 nitrogen and oxygen atoms in total. The van der Waals surface area contributed by atoms with Crippen molar-refractivity contribution in [2.45, 2.75) is 0 Å². The second-order valence-corrected chi connectivity index (χ2v) is 13.3. The molecule has 10 rings (SSSR count). The predicted molar refractivity (Wildman–Crippen MR) is 215 cm³/mol. The molecule has 0 saturated carbocycles. The van der Waals surface area contributed by atoms with Gasteiger partial charge in [-0.1, -0.05) is 150 Å². The number of rotatable bonds is 7. The number of hydrogen-bond donors (Lipinski definition) is 0. The Morgan fingerprint density at radius 1 is 0.407 bits per heavy atom. The van der Waals surface area contributed by atoms with Crippen LogP contribution in [-0.4, -0.2) is 23.9 Å². The van der Waals surface area contributed by atoms with Crippen LogP contribution in [0, 0.1) is 0 Å². The van der Waals surface area contributed by atoms with E-state index in [1.54, 1.807) is 0 Å². The molecule has 0 saturated heterocycles. The summed E-state index contributed by atoms with van der Waals surface area (Å²) >= 11 is 0. The molecule has 6 heteroatoms. The molecule has 54 heavy (non-hydrogen) atoms. The molecule has 0 aliphatic heterocycles. The van der Waals surface area contributed by atoms with E-state index < -0.39 is 0 Å². The van der Waals surface area contributed by atoms with Crippen molar-refractivity contribution in [2.75, 3.05) is 0 Å². The maximum Gasteiger partial charge on any atom is 0.210 e. The summed E-state index contributed by atoms with van der Waals surface area (Å²) in [5.41, 5.74) is 14.4. The summed E-state index contributed by atoms with van der Waals surface area (Å²) in [5, 5.41) is 0. The highest BCUT2D eigenvalue weighted by atomic mass is 15.3. The van der Waals surface area contributed by atoms with E-state index in [0.29, 0.717) is 5.82 Å². The monoisotopic (exact) mass is 693 g/mol. The Morgan fingerprint density at radius 3 is 1.59 bits per heavy atom. The van der Waals surface area contributed by atoms with Gasteiger partial charge in [0.05, 0.1) is 34.5 Å². The molecule has 0 amide bonds. The van der Waals surface area contributed by atoms with Crippen molar-refractivity contribution in [3.63, 3.8) is 0 Å². The van der Waals surface area contributed by atoms with E-state index in [4.69, 9.17) is 15.0 Å². The highest BCUT2D eigenvalue weighted by Gasteiger charge is 2.21. The first-order valence-electron chi connectivity index (χ1n) is 18.0. The van der Waals surface area contributed by atoms with Crippen LogP contribution in [-0.2, 0) is 0 Å². The molecule has 0 unspecified atom stereocenters. The van der Waals surface area contributed by atoms with Crippen LogP contribution < -0.4 is 4.52 Å². The normalized spacial score (nSPS) is 11.3. The molecule has 0 fully saturated rings. The number of fused-ring (bicyclic) bond motifs is 2. The second-order valence-electron chi connectivity index (χ2n) is 13.3. The van der Waals surface area contributed by atoms with Crippen LogP contribution in [0.5, 0.6) is 0 Å². The third-order valence-electron chi connectivity index (χ3n) is 9.90. The largest absolute Gasteiger partial charge is 0.299 e. The molecule has 5 aromatic carbocycles. The van der Waals surface area contributed by atoms with E-state index in [-0.39, 0.29) is 0 Å². The molecule has 0 N–H and O–H groups in total. The van der Waals surface area contributed by atoms with Gasteiger partial charge in [0.2, 0.25) is 12.4 Å². The lowest BCUT2D eigenvalue weighted by Crippen LogP contribution is -2.26. The van der Waals surface area contributed by atoms with Gasteiger partial charge in [-0.05, 0) is 29.8 Å². The fraction of sp³-hybridized carbons (Fsp3) is 0. The number of benzene rings is 5. The van der Waals surface area contributed by atoms with Gasteiger partial charge in [0.1, 0.15) is 11.3 Å². The van der Waals surface area contributed by atoms with Gasteiger partial charge in [0, 0.05) is 45.6 Å². The first-order valence-corrected chi connectivity index (χ1v) is 18.0. The first-order chi connectivity index (χ1) is 26.8. The Morgan fingerprint density at radius 2 is 0.944 bits per heavy atom. The van der Waals surface area contributed by atoms with Crippen molar-refractivity contribution in [1.29, 1.82) is 0 Å². The van der Waals surface area contributed by atoms with Crippen LogP contribution in [0.4, 0.5) is 0 Å². The standard InChI is InChI=1S/C48H33N6/c1-4-14-38(15-5-1)46-41(33-52-29-12-13-31-54(46)52)34-21-23-35(24-22-34)42-32-43(50-48(49-42)40-18-8-3-9-19-40)36-25-27-37(28-26-36)45-47(39-16-6-2-7-17-39)53-30-11-10-20-44(53)51-45/h1-33H/q+1. The molecule has 5 aromatic heterocycles. The summed E-state index contributed by atoms with van der Waals surface area (Å²) in [7, 11) is 0. The SMILES string of the molecule is c1ccc(-c2nc(-c3ccc(-c4c[n+]5ccccn5c4-c4ccccc4)cc3)cc(-c3ccc(-c4nc5ccccn5c4-c4ccccc4)cc3)n2)cc1. The molecule has 0 spiro atoms. The minimum Gasteiger partial charge on any atom is -0.299 e. The third-order valence-corrected chi connectivity index (χ3v) is 9.90. The molecule has 0 radical (unpaired) electrons. The molecule has 0 atom stereocenters. The quantitative estimate of drug-likeness (QED) is 0.156. The average Bonchev–Trinajstić information content (AvgIpc) is 3.84. The van der Waals surface area contributed by atoms with Crippen molar-refractivity contribution >= 4 is 5.65 Å². The van der Waals surface area contributed by atoms with Crippen molar-refractivity contribution in [1.82, 2.24) is 23.9 Å². The highest BCUT2D eigenvalue weighted by molar-refractivity contribution is 5.84. The number of imidazole rings is 1. The van der Waals surface area contributed by atoms with Gasteiger partial charge in [-0.15, -0.1) is 4.52 Å². The Labute approximate surface area is 312 Å². The molecule has 0 aliphatic rings. The molecule has 0 aliphatic carbocycles. The van der Waals surface area contributed by atoms with E-state index in [0.717, 1.165) is 78.6 Å². The Kier molecular flexibility index (Phi) is 7.69. The second kappa shape index (κ2) is 13.3. The van der Waals surface area contributed by atoms with Gasteiger partial charge in [0.15, 0.2) is 5.82 Å². The summed E-state index contributed by atoms with van der Waals surface area (Å²) in [6.07, 6.45) is 8.43. The third kappa shape index (κ3) is 5.63. The van der Waals surface area contributed by atoms with E-state index in [2.05, 4.69) is 166 Å². The predicted octanol–water partition coefficient (Wildman–Crippen LogP) is 10.6. The van der Waals surface area contributed by atoms with Gasteiger partial charge < -0.3 is 0 Å². The first kappa shape index (κ1) is 31.3. The maximum atomic E-state index is 5.10. The summed E-state index contributed by atoms with van der Waals surface area (Å²) in [5.74, 6) is 0.685. The van der Waals surface area contributed by atoms with Gasteiger partial charge in [-0.3, -0.25) is 4.40 Å². The van der Waals surface area contributed by atoms with Crippen molar-refractivity contribution in [3.05, 3.63) is 201 Å². The Bertz CT molecular complexity index is 2720. The van der Waals surface area contributed by atoms with E-state index in [1.165, 1.54) is 0 Å². The number of pyridine rings is 1. The highest BCUT2D eigenvalue weighted by Crippen LogP contribution is 2.36. The Hall–Kier alpha value is -7.44. The Balaban J connectivity index is 1.05. The zero-order chi connectivity index (χ0) is 35.8. The fourth-order valence-corrected chi connectivity index (χ4v) is 7.27. The number of nitrogens with zero attached hydrogens (tertiary/aromatic N) is 6. The zero-order valence-electron chi connectivity index (χ0n) is 29.2. The smallest absolute Gasteiger partial charge is 0.210 e. The van der Waals surface area contributed by atoms with Gasteiger partial charge in [0.25, 0.3) is 0 Å². The lowest BCUT2D eigenvalue weighted by atomic mass is 9.99. The summed E-state index contributed by atoms with van der Waals surface area (Å²) in [4.78, 5) is 15.3.